The molecule has 0 aliphatic carbocycles. The third-order valence-electron chi connectivity index (χ3n) is 8.33. The Bertz CT molecular complexity index is 2220. The van der Waals surface area contributed by atoms with Crippen LogP contribution in [0.3, 0.4) is 0 Å². The van der Waals surface area contributed by atoms with Crippen LogP contribution in [0.15, 0.2) is 99.9 Å². The van der Waals surface area contributed by atoms with Gasteiger partial charge in [0.1, 0.15) is 24.1 Å². The molecule has 0 unspecified atom stereocenters. The van der Waals surface area contributed by atoms with E-state index in [1.807, 2.05) is 93.6 Å². The van der Waals surface area contributed by atoms with Gasteiger partial charge in [-0.25, -0.2) is 4.99 Å². The van der Waals surface area contributed by atoms with E-state index in [2.05, 4.69) is 0 Å². The summed E-state index contributed by atoms with van der Waals surface area (Å²) in [5.41, 5.74) is 3.00. The quantitative estimate of drug-likeness (QED) is 0.165. The van der Waals surface area contributed by atoms with Gasteiger partial charge in [-0.15, -0.1) is 0 Å². The van der Waals surface area contributed by atoms with Gasteiger partial charge in [0, 0.05) is 39.8 Å². The Morgan fingerprint density at radius 1 is 1.00 bits per heavy atom. The summed E-state index contributed by atoms with van der Waals surface area (Å²) in [5, 5.41) is 2.93. The molecule has 6 rings (SSSR count). The number of carbonyl (C=O) groups is 1. The van der Waals surface area contributed by atoms with Crippen molar-refractivity contribution >= 4 is 57.3 Å². The normalized spacial score (nSPS) is 14.6. The zero-order chi connectivity index (χ0) is 33.2. The van der Waals surface area contributed by atoms with Crippen molar-refractivity contribution in [3.05, 3.63) is 137 Å². The number of rotatable bonds is 9. The van der Waals surface area contributed by atoms with E-state index in [1.165, 1.54) is 11.3 Å². The van der Waals surface area contributed by atoms with Crippen LogP contribution < -0.4 is 24.4 Å². The number of hydrogen-bond donors (Lipinski definition) is 0. The van der Waals surface area contributed by atoms with Gasteiger partial charge in [-0.3, -0.25) is 14.2 Å². The van der Waals surface area contributed by atoms with Gasteiger partial charge in [0.05, 0.1) is 22.9 Å². The SMILES string of the molecule is CCN(CC)C(=O)C1=C(C)N=c2s/c(=C/c3ccccc3OCc3ccc(Cl)cc3Cl)c(=O)n2[C@@H]1c1c(OC)ccc2ccccc12. The summed E-state index contributed by atoms with van der Waals surface area (Å²) in [4.78, 5) is 35.8. The summed E-state index contributed by atoms with van der Waals surface area (Å²) in [7, 11) is 1.61. The van der Waals surface area contributed by atoms with E-state index in [1.54, 1.807) is 28.7 Å². The largest absolute Gasteiger partial charge is 0.496 e. The highest BCUT2D eigenvalue weighted by Gasteiger charge is 2.36. The topological polar surface area (TPSA) is 73.1 Å². The fourth-order valence-corrected chi connectivity index (χ4v) is 7.45. The van der Waals surface area contributed by atoms with Gasteiger partial charge in [-0.2, -0.15) is 0 Å². The molecule has 0 bridgehead atoms. The van der Waals surface area contributed by atoms with Crippen LogP contribution in [-0.4, -0.2) is 35.6 Å². The summed E-state index contributed by atoms with van der Waals surface area (Å²) in [5.74, 6) is 1.01. The Labute approximate surface area is 286 Å². The molecule has 0 fully saturated rings. The number of aromatic nitrogens is 1. The molecule has 1 atom stereocenters. The van der Waals surface area contributed by atoms with Crippen LogP contribution in [0, 0.1) is 0 Å². The number of thiazole rings is 1. The second kappa shape index (κ2) is 13.8. The lowest BCUT2D eigenvalue weighted by atomic mass is 9.90. The number of hydrogen-bond acceptors (Lipinski definition) is 6. The number of nitrogens with zero attached hydrogens (tertiary/aromatic N) is 3. The van der Waals surface area contributed by atoms with Crippen molar-refractivity contribution < 1.29 is 14.3 Å². The second-order valence-electron chi connectivity index (χ2n) is 11.0. The van der Waals surface area contributed by atoms with Crippen molar-refractivity contribution in [3.8, 4) is 11.5 Å². The van der Waals surface area contributed by atoms with E-state index >= 15 is 0 Å². The van der Waals surface area contributed by atoms with Crippen molar-refractivity contribution in [2.45, 2.75) is 33.4 Å². The number of allylic oxidation sites excluding steroid dienone is 1. The number of para-hydroxylation sites is 1. The zero-order valence-corrected chi connectivity index (χ0v) is 28.7. The first-order valence-electron chi connectivity index (χ1n) is 15.3. The molecule has 1 aromatic heterocycles. The number of halogens is 2. The summed E-state index contributed by atoms with van der Waals surface area (Å²) < 4.78 is 14.2. The first kappa shape index (κ1) is 32.6. The molecule has 0 saturated heterocycles. The first-order valence-corrected chi connectivity index (χ1v) is 16.9. The van der Waals surface area contributed by atoms with Crippen molar-refractivity contribution in [3.63, 3.8) is 0 Å². The van der Waals surface area contributed by atoms with Crippen LogP contribution in [0.2, 0.25) is 10.0 Å². The fourth-order valence-electron chi connectivity index (χ4n) is 5.95. The van der Waals surface area contributed by atoms with E-state index in [4.69, 9.17) is 37.7 Å². The highest BCUT2D eigenvalue weighted by Crippen LogP contribution is 2.40. The predicted molar refractivity (Wildman–Crippen MR) is 189 cm³/mol. The monoisotopic (exact) mass is 685 g/mol. The molecule has 1 aliphatic rings. The minimum absolute atomic E-state index is 0.162. The molecule has 0 spiro atoms. The Morgan fingerprint density at radius 3 is 2.49 bits per heavy atom. The zero-order valence-electron chi connectivity index (χ0n) is 26.4. The molecule has 1 amide bonds. The van der Waals surface area contributed by atoms with E-state index in [-0.39, 0.29) is 18.1 Å². The summed E-state index contributed by atoms with van der Waals surface area (Å²) in [6.45, 7) is 6.99. The van der Waals surface area contributed by atoms with Gasteiger partial charge in [-0.1, -0.05) is 89.1 Å². The van der Waals surface area contributed by atoms with Crippen molar-refractivity contribution in [2.75, 3.05) is 20.2 Å². The average Bonchev–Trinajstić information content (AvgIpc) is 3.37. The van der Waals surface area contributed by atoms with Gasteiger partial charge in [0.25, 0.3) is 11.5 Å². The van der Waals surface area contributed by atoms with Crippen molar-refractivity contribution in [1.82, 2.24) is 9.47 Å². The third-order valence-corrected chi connectivity index (χ3v) is 9.90. The molecule has 240 valence electrons. The maximum atomic E-state index is 14.5. The number of amides is 1. The standard InChI is InChI=1S/C37H33Cl2N3O4S/c1-5-41(6-2)36(44)32-22(3)40-37-42(34(32)33-27-13-9-7-11-23(27)16-18-30(33)45-4)35(43)31(47-37)19-24-12-8-10-14-29(24)46-21-25-15-17-26(38)20-28(25)39/h7-20,34H,5-6,21H2,1-4H3/b31-19+/t34-/m0/s1. The minimum Gasteiger partial charge on any atom is -0.496 e. The highest BCUT2D eigenvalue weighted by molar-refractivity contribution is 7.07. The maximum absolute atomic E-state index is 14.5. The highest BCUT2D eigenvalue weighted by atomic mass is 35.5. The molecule has 7 nitrogen and oxygen atoms in total. The van der Waals surface area contributed by atoms with E-state index < -0.39 is 6.04 Å². The maximum Gasteiger partial charge on any atom is 0.271 e. The molecule has 5 aromatic rings. The van der Waals surface area contributed by atoms with Crippen LogP contribution in [0.1, 0.15) is 43.5 Å². The number of carbonyl (C=O) groups excluding carboxylic acids is 1. The van der Waals surface area contributed by atoms with Gasteiger partial charge in [0.15, 0.2) is 4.80 Å². The van der Waals surface area contributed by atoms with E-state index in [0.717, 1.165) is 27.5 Å². The molecule has 0 radical (unpaired) electrons. The Morgan fingerprint density at radius 2 is 1.74 bits per heavy atom. The van der Waals surface area contributed by atoms with Crippen LogP contribution in [0.25, 0.3) is 16.8 Å². The predicted octanol–water partition coefficient (Wildman–Crippen LogP) is 7.15. The number of likely N-dealkylation sites (N-methyl/N-ethyl adjacent to an activating group) is 1. The van der Waals surface area contributed by atoms with Gasteiger partial charge in [-0.05, 0) is 61.9 Å². The number of ether oxygens (including phenoxy) is 2. The fraction of sp³-hybridized carbons (Fsp3) is 0.216. The third kappa shape index (κ3) is 6.21. The molecular weight excluding hydrogens is 653 g/mol. The summed E-state index contributed by atoms with van der Waals surface area (Å²) in [6, 6.07) is 23.8. The van der Waals surface area contributed by atoms with Crippen LogP contribution in [0.5, 0.6) is 11.5 Å². The molecule has 47 heavy (non-hydrogen) atoms. The minimum atomic E-state index is -0.763. The lowest BCUT2D eigenvalue weighted by molar-refractivity contribution is -0.127. The Balaban J connectivity index is 1.53. The number of benzene rings is 4. The molecule has 2 heterocycles. The van der Waals surface area contributed by atoms with E-state index in [9.17, 15) is 9.59 Å². The molecule has 1 aliphatic heterocycles. The van der Waals surface area contributed by atoms with Crippen LogP contribution in [0.4, 0.5) is 0 Å². The lowest BCUT2D eigenvalue weighted by Crippen LogP contribution is -2.43. The molecule has 0 N–H and O–H groups in total. The van der Waals surface area contributed by atoms with Gasteiger partial charge in [0.2, 0.25) is 0 Å². The summed E-state index contributed by atoms with van der Waals surface area (Å²) in [6.07, 6.45) is 1.81. The second-order valence-corrected chi connectivity index (χ2v) is 12.9. The molecule has 4 aromatic carbocycles. The van der Waals surface area contributed by atoms with Crippen molar-refractivity contribution in [1.29, 1.82) is 0 Å². The molecular formula is C37H33Cl2N3O4S. The Kier molecular flexibility index (Phi) is 9.55. The first-order chi connectivity index (χ1) is 22.7. The lowest BCUT2D eigenvalue weighted by Gasteiger charge is -2.30. The number of fused-ring (bicyclic) bond motifs is 2. The van der Waals surface area contributed by atoms with E-state index in [0.29, 0.717) is 55.2 Å². The summed E-state index contributed by atoms with van der Waals surface area (Å²) >= 11 is 13.7. The van der Waals surface area contributed by atoms with Gasteiger partial charge < -0.3 is 14.4 Å². The average molecular weight is 687 g/mol. The molecule has 10 heteroatoms. The van der Waals surface area contributed by atoms with Gasteiger partial charge >= 0.3 is 0 Å². The number of methoxy groups -OCH3 is 1. The Hall–Kier alpha value is -4.37. The molecule has 0 saturated carbocycles. The smallest absolute Gasteiger partial charge is 0.271 e. The van der Waals surface area contributed by atoms with Crippen LogP contribution >= 0.6 is 34.5 Å². The van der Waals surface area contributed by atoms with Crippen molar-refractivity contribution in [2.24, 2.45) is 4.99 Å². The van der Waals surface area contributed by atoms with Crippen LogP contribution in [-0.2, 0) is 11.4 Å².